The fourth-order valence-corrected chi connectivity index (χ4v) is 5.61. The number of nitrogens with zero attached hydrogens (tertiary/aromatic N) is 2. The molecule has 4 aromatic rings. The van der Waals surface area contributed by atoms with Gasteiger partial charge in [0.2, 0.25) is 5.91 Å². The van der Waals surface area contributed by atoms with Gasteiger partial charge in [0.05, 0.1) is 16.9 Å². The molecule has 46 heavy (non-hydrogen) atoms. The number of halogens is 2. The number of aliphatic hydroxyl groups is 1. The average Bonchev–Trinajstić information content (AvgIpc) is 3.68. The molecule has 2 aromatic heterocycles. The Morgan fingerprint density at radius 1 is 1.09 bits per heavy atom. The summed E-state index contributed by atoms with van der Waals surface area (Å²) in [6.45, 7) is 6.82. The number of primary amides is 1. The van der Waals surface area contributed by atoms with Crippen LogP contribution in [0.3, 0.4) is 0 Å². The molecule has 1 aliphatic carbocycles. The Labute approximate surface area is 264 Å². The first-order chi connectivity index (χ1) is 21.6. The molecular weight excluding hydrogens is 594 g/mol. The Morgan fingerprint density at radius 2 is 1.78 bits per heavy atom. The van der Waals surface area contributed by atoms with Gasteiger partial charge in [-0.05, 0) is 101 Å². The van der Waals surface area contributed by atoms with Crippen LogP contribution in [0.15, 0.2) is 48.5 Å². The fraction of sp³-hybridized carbons (Fsp3) is 0.343. The molecule has 2 amide bonds. The molecule has 1 aliphatic heterocycles. The van der Waals surface area contributed by atoms with Gasteiger partial charge < -0.3 is 20.9 Å². The predicted octanol–water partition coefficient (Wildman–Crippen LogP) is 5.50. The maximum atomic E-state index is 14.5. The molecule has 4 N–H and O–H groups in total. The summed E-state index contributed by atoms with van der Waals surface area (Å²) in [5.41, 5.74) is 4.95. The number of hydrogen-bond donors (Lipinski definition) is 3. The summed E-state index contributed by atoms with van der Waals surface area (Å²) in [6, 6.07) is 12.1. The standard InChI is InChI=1S/C35H34F2N4O5/c1-18-13-22-14-21(15-25(28(22)39-19(18)2)40-32(44)35(37)11-12-35)26(42)9-10-34(4,45)27-16-24-30(46-17-33(24,3)31(38)43)29(41-27)20-5-7-23(36)8-6-20/h5-8,13-16,45H,9-12,17H2,1-4H3,(H2,38,43)(H,40,44)/t33-,34-/m0/s1. The van der Waals surface area contributed by atoms with Gasteiger partial charge in [-0.3, -0.25) is 19.4 Å². The molecule has 2 aromatic carbocycles. The van der Waals surface area contributed by atoms with E-state index in [4.69, 9.17) is 10.5 Å². The van der Waals surface area contributed by atoms with Crippen LogP contribution in [0.25, 0.3) is 22.2 Å². The van der Waals surface area contributed by atoms with Crippen molar-refractivity contribution in [1.29, 1.82) is 0 Å². The lowest BCUT2D eigenvalue weighted by molar-refractivity contribution is -0.123. The van der Waals surface area contributed by atoms with Crippen LogP contribution in [0.2, 0.25) is 0 Å². The zero-order valence-corrected chi connectivity index (χ0v) is 26.0. The minimum atomic E-state index is -1.92. The highest BCUT2D eigenvalue weighted by Gasteiger charge is 2.51. The Balaban J connectivity index is 1.33. The number of nitrogens with one attached hydrogen (secondary N) is 1. The largest absolute Gasteiger partial charge is 0.489 e. The van der Waals surface area contributed by atoms with Gasteiger partial charge in [-0.1, -0.05) is 0 Å². The van der Waals surface area contributed by atoms with Crippen LogP contribution >= 0.6 is 0 Å². The number of ketones is 1. The van der Waals surface area contributed by atoms with Gasteiger partial charge in [0, 0.05) is 34.2 Å². The summed E-state index contributed by atoms with van der Waals surface area (Å²) >= 11 is 0. The topological polar surface area (TPSA) is 144 Å². The second-order valence-electron chi connectivity index (χ2n) is 12.8. The summed E-state index contributed by atoms with van der Waals surface area (Å²) in [6.07, 6.45) is 0.0965. The van der Waals surface area contributed by atoms with Gasteiger partial charge in [0.25, 0.3) is 5.91 Å². The number of aromatic nitrogens is 2. The number of Topliss-reactive ketones (excluding diaryl/α,β-unsaturated/α-hetero) is 1. The molecule has 6 rings (SSSR count). The number of hydrogen-bond acceptors (Lipinski definition) is 7. The molecule has 1 saturated carbocycles. The van der Waals surface area contributed by atoms with Gasteiger partial charge in [-0.2, -0.15) is 0 Å². The number of rotatable bonds is 9. The third-order valence-electron chi connectivity index (χ3n) is 9.15. The number of benzene rings is 2. The minimum absolute atomic E-state index is 0.0319. The third-order valence-corrected chi connectivity index (χ3v) is 9.15. The van der Waals surface area contributed by atoms with E-state index in [9.17, 15) is 28.3 Å². The Hall–Kier alpha value is -4.77. The first-order valence-electron chi connectivity index (χ1n) is 15.0. The van der Waals surface area contributed by atoms with Crippen molar-refractivity contribution in [2.45, 2.75) is 70.1 Å². The lowest BCUT2D eigenvalue weighted by atomic mass is 9.81. The van der Waals surface area contributed by atoms with Crippen LogP contribution in [-0.2, 0) is 20.6 Å². The van der Waals surface area contributed by atoms with Crippen molar-refractivity contribution in [2.24, 2.45) is 5.73 Å². The smallest absolute Gasteiger partial charge is 0.262 e. The number of carbonyl (C=O) groups excluding carboxylic acids is 3. The maximum Gasteiger partial charge on any atom is 0.262 e. The van der Waals surface area contributed by atoms with E-state index in [0.717, 1.165) is 11.3 Å². The van der Waals surface area contributed by atoms with Crippen molar-refractivity contribution < 1.29 is 33.0 Å². The van der Waals surface area contributed by atoms with Gasteiger partial charge in [-0.25, -0.2) is 13.8 Å². The van der Waals surface area contributed by atoms with Crippen LogP contribution in [0, 0.1) is 19.7 Å². The van der Waals surface area contributed by atoms with E-state index in [2.05, 4.69) is 15.3 Å². The summed E-state index contributed by atoms with van der Waals surface area (Å²) in [5.74, 6) is -1.85. The SMILES string of the molecule is Cc1cc2cc(C(=O)CC[C@](C)(O)c3cc4c(c(-c5ccc(F)cc5)n3)OC[C@]4(C)C(N)=O)cc(NC(=O)C3(F)CC3)c2nc1C. The first kappa shape index (κ1) is 31.2. The number of carbonyl (C=O) groups is 3. The second-order valence-corrected chi connectivity index (χ2v) is 12.8. The molecule has 2 atom stereocenters. The van der Waals surface area contributed by atoms with Gasteiger partial charge in [-0.15, -0.1) is 0 Å². The summed E-state index contributed by atoms with van der Waals surface area (Å²) in [7, 11) is 0. The highest BCUT2D eigenvalue weighted by Crippen LogP contribution is 2.46. The number of ether oxygens (including phenoxy) is 1. The quantitative estimate of drug-likeness (QED) is 0.208. The molecular formula is C35H34F2N4O5. The van der Waals surface area contributed by atoms with Crippen molar-refractivity contribution in [1.82, 2.24) is 9.97 Å². The number of pyridine rings is 2. The second kappa shape index (κ2) is 10.9. The summed E-state index contributed by atoms with van der Waals surface area (Å²) in [4.78, 5) is 48.0. The van der Waals surface area contributed by atoms with Gasteiger partial charge in [0.1, 0.15) is 34.9 Å². The molecule has 3 heterocycles. The lowest BCUT2D eigenvalue weighted by Gasteiger charge is -2.26. The lowest BCUT2D eigenvalue weighted by Crippen LogP contribution is -2.40. The normalized spacial score (nSPS) is 19.2. The minimum Gasteiger partial charge on any atom is -0.489 e. The van der Waals surface area contributed by atoms with Gasteiger partial charge >= 0.3 is 0 Å². The van der Waals surface area contributed by atoms with Crippen molar-refractivity contribution in [3.63, 3.8) is 0 Å². The molecule has 2 aliphatic rings. The molecule has 0 unspecified atom stereocenters. The van der Waals surface area contributed by atoms with Crippen molar-refractivity contribution in [3.05, 3.63) is 82.4 Å². The van der Waals surface area contributed by atoms with Crippen molar-refractivity contribution in [3.8, 4) is 17.0 Å². The number of nitrogens with two attached hydrogens (primary N) is 1. The maximum absolute atomic E-state index is 14.5. The van der Waals surface area contributed by atoms with E-state index in [1.54, 1.807) is 19.1 Å². The molecule has 0 radical (unpaired) electrons. The van der Waals surface area contributed by atoms with E-state index in [0.29, 0.717) is 33.5 Å². The Bertz CT molecular complexity index is 1940. The van der Waals surface area contributed by atoms with Crippen LogP contribution < -0.4 is 15.8 Å². The van der Waals surface area contributed by atoms with Gasteiger partial charge in [0.15, 0.2) is 11.5 Å². The average molecular weight is 629 g/mol. The number of aryl methyl sites for hydroxylation is 2. The zero-order valence-electron chi connectivity index (χ0n) is 26.0. The highest BCUT2D eigenvalue weighted by molar-refractivity contribution is 6.08. The molecule has 1 fully saturated rings. The Morgan fingerprint density at radius 3 is 2.43 bits per heavy atom. The molecule has 0 saturated heterocycles. The molecule has 238 valence electrons. The molecule has 0 bridgehead atoms. The number of alkyl halides is 1. The van der Waals surface area contributed by atoms with E-state index < -0.39 is 34.3 Å². The molecule has 11 heteroatoms. The molecule has 9 nitrogen and oxygen atoms in total. The fourth-order valence-electron chi connectivity index (χ4n) is 5.61. The first-order valence-corrected chi connectivity index (χ1v) is 15.0. The van der Waals surface area contributed by atoms with E-state index >= 15 is 0 Å². The van der Waals surface area contributed by atoms with Crippen LogP contribution in [-0.4, -0.2) is 44.9 Å². The van der Waals surface area contributed by atoms with E-state index in [1.165, 1.54) is 37.3 Å². The van der Waals surface area contributed by atoms with Crippen LogP contribution in [0.1, 0.15) is 72.4 Å². The van der Waals surface area contributed by atoms with Crippen molar-refractivity contribution in [2.75, 3.05) is 11.9 Å². The predicted molar refractivity (Wildman–Crippen MR) is 168 cm³/mol. The molecule has 0 spiro atoms. The van der Waals surface area contributed by atoms with Crippen LogP contribution in [0.5, 0.6) is 5.75 Å². The Kier molecular flexibility index (Phi) is 7.43. The summed E-state index contributed by atoms with van der Waals surface area (Å²) < 4.78 is 34.1. The number of anilines is 1. The number of amides is 2. The highest BCUT2D eigenvalue weighted by atomic mass is 19.1. The monoisotopic (exact) mass is 628 g/mol. The van der Waals surface area contributed by atoms with Crippen molar-refractivity contribution >= 4 is 34.2 Å². The third kappa shape index (κ3) is 5.49. The van der Waals surface area contributed by atoms with E-state index in [1.807, 2.05) is 19.9 Å². The van der Waals surface area contributed by atoms with Crippen LogP contribution in [0.4, 0.5) is 14.5 Å². The number of fused-ring (bicyclic) bond motifs is 2. The van der Waals surface area contributed by atoms with E-state index in [-0.39, 0.29) is 55.0 Å². The zero-order chi connectivity index (χ0) is 33.2. The summed E-state index contributed by atoms with van der Waals surface area (Å²) in [5, 5.41) is 14.9.